The number of nitrogens with zero attached hydrogens (tertiary/aromatic N) is 2. The van der Waals surface area contributed by atoms with E-state index in [0.717, 1.165) is 12.1 Å². The molecule has 0 atom stereocenters. The molecule has 1 aromatic carbocycles. The van der Waals surface area contributed by atoms with Crippen LogP contribution >= 0.6 is 11.6 Å². The van der Waals surface area contributed by atoms with E-state index in [1.54, 1.807) is 4.90 Å². The minimum absolute atomic E-state index is 0.0242. The van der Waals surface area contributed by atoms with Crippen LogP contribution in [0, 0.1) is 0 Å². The van der Waals surface area contributed by atoms with E-state index in [1.165, 1.54) is 17.9 Å². The van der Waals surface area contributed by atoms with Crippen molar-refractivity contribution in [3.05, 3.63) is 28.8 Å². The van der Waals surface area contributed by atoms with Crippen molar-refractivity contribution in [3.63, 3.8) is 0 Å². The van der Waals surface area contributed by atoms with Gasteiger partial charge in [0, 0.05) is 43.8 Å². The molecule has 0 aromatic heterocycles. The standard InChI is InChI=1S/C14H15ClF3N3O2/c1-9(22)20-2-4-21(5-3-20)13(23)19-12-7-10(14(16,17)18)6-11(15)8-12/h6-8H,2-5H2,1H3,(H,19,23). The molecule has 0 spiro atoms. The fourth-order valence-electron chi connectivity index (χ4n) is 2.25. The Kier molecular flexibility index (Phi) is 5.03. The first-order valence-corrected chi connectivity index (χ1v) is 7.24. The number of carbonyl (C=O) groups excluding carboxylic acids is 2. The number of hydrogen-bond acceptors (Lipinski definition) is 2. The first-order chi connectivity index (χ1) is 10.7. The predicted molar refractivity (Wildman–Crippen MR) is 79.3 cm³/mol. The van der Waals surface area contributed by atoms with Crippen molar-refractivity contribution in [2.45, 2.75) is 13.1 Å². The number of anilines is 1. The molecule has 0 radical (unpaired) electrons. The van der Waals surface area contributed by atoms with Gasteiger partial charge < -0.3 is 15.1 Å². The molecule has 1 fully saturated rings. The number of urea groups is 1. The monoisotopic (exact) mass is 349 g/mol. The molecule has 1 aromatic rings. The van der Waals surface area contributed by atoms with Crippen molar-refractivity contribution in [1.82, 2.24) is 9.80 Å². The van der Waals surface area contributed by atoms with Crippen molar-refractivity contribution in [2.75, 3.05) is 31.5 Å². The zero-order valence-corrected chi connectivity index (χ0v) is 13.0. The van der Waals surface area contributed by atoms with E-state index < -0.39 is 17.8 Å². The zero-order chi connectivity index (χ0) is 17.2. The second kappa shape index (κ2) is 6.66. The lowest BCUT2D eigenvalue weighted by Crippen LogP contribution is -2.51. The van der Waals surface area contributed by atoms with E-state index in [4.69, 9.17) is 11.6 Å². The Hall–Kier alpha value is -1.96. The molecule has 1 aliphatic heterocycles. The van der Waals surface area contributed by atoms with Crippen LogP contribution in [-0.4, -0.2) is 47.9 Å². The molecule has 1 N–H and O–H groups in total. The summed E-state index contributed by atoms with van der Waals surface area (Å²) in [6.45, 7) is 2.87. The van der Waals surface area contributed by atoms with Gasteiger partial charge in [0.15, 0.2) is 0 Å². The average Bonchev–Trinajstić information content (AvgIpc) is 2.45. The van der Waals surface area contributed by atoms with E-state index in [1.807, 2.05) is 0 Å². The smallest absolute Gasteiger partial charge is 0.339 e. The van der Waals surface area contributed by atoms with Gasteiger partial charge in [-0.1, -0.05) is 11.6 Å². The molecule has 3 amide bonds. The summed E-state index contributed by atoms with van der Waals surface area (Å²) in [6, 6.07) is 2.35. The van der Waals surface area contributed by atoms with Gasteiger partial charge in [-0.2, -0.15) is 13.2 Å². The fourth-order valence-corrected chi connectivity index (χ4v) is 2.49. The molecule has 0 saturated carbocycles. The summed E-state index contributed by atoms with van der Waals surface area (Å²) < 4.78 is 38.2. The number of carbonyl (C=O) groups is 2. The summed E-state index contributed by atoms with van der Waals surface area (Å²) in [5.74, 6) is -0.0743. The quantitative estimate of drug-likeness (QED) is 0.847. The highest BCUT2D eigenvalue weighted by Gasteiger charge is 2.31. The minimum Gasteiger partial charge on any atom is -0.339 e. The summed E-state index contributed by atoms with van der Waals surface area (Å²) in [5.41, 5.74) is -0.953. The lowest BCUT2D eigenvalue weighted by molar-refractivity contribution is -0.137. The van der Waals surface area contributed by atoms with Crippen molar-refractivity contribution >= 4 is 29.2 Å². The van der Waals surface area contributed by atoms with E-state index >= 15 is 0 Å². The molecule has 0 bridgehead atoms. The first kappa shape index (κ1) is 17.4. The van der Waals surface area contributed by atoms with Gasteiger partial charge >= 0.3 is 12.2 Å². The second-order valence-electron chi connectivity index (χ2n) is 5.15. The van der Waals surface area contributed by atoms with Gasteiger partial charge in [-0.15, -0.1) is 0 Å². The summed E-state index contributed by atoms with van der Waals surface area (Å²) in [4.78, 5) is 26.4. The molecule has 5 nitrogen and oxygen atoms in total. The van der Waals surface area contributed by atoms with Crippen LogP contribution < -0.4 is 5.32 Å². The van der Waals surface area contributed by atoms with Gasteiger partial charge in [0.2, 0.25) is 5.91 Å². The van der Waals surface area contributed by atoms with Crippen LogP contribution in [-0.2, 0) is 11.0 Å². The molecule has 0 aliphatic carbocycles. The molecule has 23 heavy (non-hydrogen) atoms. The predicted octanol–water partition coefficient (Wildman–Crippen LogP) is 3.05. The average molecular weight is 350 g/mol. The lowest BCUT2D eigenvalue weighted by atomic mass is 10.2. The van der Waals surface area contributed by atoms with Crippen molar-refractivity contribution in [3.8, 4) is 0 Å². The molecular weight excluding hydrogens is 335 g/mol. The number of piperazine rings is 1. The van der Waals surface area contributed by atoms with Crippen molar-refractivity contribution in [1.29, 1.82) is 0 Å². The summed E-state index contributed by atoms with van der Waals surface area (Å²) in [7, 11) is 0. The van der Waals surface area contributed by atoms with Crippen molar-refractivity contribution in [2.24, 2.45) is 0 Å². The van der Waals surface area contributed by atoms with E-state index in [0.29, 0.717) is 26.2 Å². The highest BCUT2D eigenvalue weighted by Crippen LogP contribution is 2.33. The number of amides is 3. The molecule has 126 valence electrons. The van der Waals surface area contributed by atoms with Gasteiger partial charge in [0.25, 0.3) is 0 Å². The fraction of sp³-hybridized carbons (Fsp3) is 0.429. The van der Waals surface area contributed by atoms with Crippen LogP contribution in [0.3, 0.4) is 0 Å². The van der Waals surface area contributed by atoms with Gasteiger partial charge in [-0.05, 0) is 18.2 Å². The van der Waals surface area contributed by atoms with Crippen LogP contribution in [0.4, 0.5) is 23.7 Å². The first-order valence-electron chi connectivity index (χ1n) is 6.86. The third kappa shape index (κ3) is 4.51. The normalized spacial score (nSPS) is 15.5. The Labute approximate surface area is 136 Å². The number of nitrogens with one attached hydrogen (secondary N) is 1. The van der Waals surface area contributed by atoms with Crippen LogP contribution in [0.15, 0.2) is 18.2 Å². The second-order valence-corrected chi connectivity index (χ2v) is 5.59. The van der Waals surface area contributed by atoms with Crippen molar-refractivity contribution < 1.29 is 22.8 Å². The van der Waals surface area contributed by atoms with Crippen LogP contribution in [0.25, 0.3) is 0 Å². The van der Waals surface area contributed by atoms with E-state index in [2.05, 4.69) is 5.32 Å². The topological polar surface area (TPSA) is 52.7 Å². The number of halogens is 4. The Morgan fingerprint density at radius 1 is 1.09 bits per heavy atom. The Balaban J connectivity index is 2.04. The molecule has 1 saturated heterocycles. The molecule has 2 rings (SSSR count). The van der Waals surface area contributed by atoms with Crippen LogP contribution in [0.5, 0.6) is 0 Å². The molecule has 1 aliphatic rings. The number of hydrogen-bond donors (Lipinski definition) is 1. The third-order valence-electron chi connectivity index (χ3n) is 3.49. The summed E-state index contributed by atoms with van der Waals surface area (Å²) >= 11 is 5.67. The maximum absolute atomic E-state index is 12.7. The van der Waals surface area contributed by atoms with E-state index in [-0.39, 0.29) is 16.6 Å². The molecule has 0 unspecified atom stereocenters. The van der Waals surface area contributed by atoms with Gasteiger partial charge in [0.05, 0.1) is 5.56 Å². The van der Waals surface area contributed by atoms with Gasteiger partial charge in [0.1, 0.15) is 0 Å². The largest absolute Gasteiger partial charge is 0.416 e. The molecular formula is C14H15ClF3N3O2. The Morgan fingerprint density at radius 2 is 1.65 bits per heavy atom. The maximum atomic E-state index is 12.7. The SMILES string of the molecule is CC(=O)N1CCN(C(=O)Nc2cc(Cl)cc(C(F)(F)F)c2)CC1. The van der Waals surface area contributed by atoms with Gasteiger partial charge in [-0.25, -0.2) is 4.79 Å². The van der Waals surface area contributed by atoms with Crippen LogP contribution in [0.2, 0.25) is 5.02 Å². The summed E-state index contributed by atoms with van der Waals surface area (Å²) in [6.07, 6.45) is -4.54. The summed E-state index contributed by atoms with van der Waals surface area (Å²) in [5, 5.41) is 2.29. The maximum Gasteiger partial charge on any atom is 0.416 e. The zero-order valence-electron chi connectivity index (χ0n) is 12.3. The van der Waals surface area contributed by atoms with Gasteiger partial charge in [-0.3, -0.25) is 4.79 Å². The van der Waals surface area contributed by atoms with E-state index in [9.17, 15) is 22.8 Å². The lowest BCUT2D eigenvalue weighted by Gasteiger charge is -2.34. The highest BCUT2D eigenvalue weighted by molar-refractivity contribution is 6.31. The Morgan fingerprint density at radius 3 is 2.17 bits per heavy atom. The number of benzene rings is 1. The number of alkyl halides is 3. The number of rotatable bonds is 1. The highest BCUT2D eigenvalue weighted by atomic mass is 35.5. The molecule has 9 heteroatoms. The Bertz CT molecular complexity index is 614. The minimum atomic E-state index is -4.54. The third-order valence-corrected chi connectivity index (χ3v) is 3.71. The molecule has 1 heterocycles. The van der Waals surface area contributed by atoms with Crippen LogP contribution in [0.1, 0.15) is 12.5 Å².